The molecule has 0 unspecified atom stereocenters. The predicted molar refractivity (Wildman–Crippen MR) is 67.2 cm³/mol. The maximum Gasteiger partial charge on any atom is -0.00463 e. The molecule has 15 heavy (non-hydrogen) atoms. The van der Waals surface area contributed by atoms with Crippen LogP contribution in [0.25, 0.3) is 0 Å². The maximum atomic E-state index is 3.57. The average Bonchev–Trinajstić information content (AvgIpc) is 2.24. The topological polar surface area (TPSA) is 24.1 Å². The van der Waals surface area contributed by atoms with Crippen LogP contribution in [-0.2, 0) is 0 Å². The number of hydrogen-bond acceptors (Lipinski definition) is 2. The number of hydrogen-bond donors (Lipinski definition) is 2. The van der Waals surface area contributed by atoms with Crippen molar-refractivity contribution in [3.63, 3.8) is 0 Å². The molecule has 0 aromatic carbocycles. The van der Waals surface area contributed by atoms with Gasteiger partial charge in [-0.1, -0.05) is 13.8 Å². The summed E-state index contributed by atoms with van der Waals surface area (Å²) in [5, 5.41) is 6.99. The van der Waals surface area contributed by atoms with Crippen molar-refractivity contribution >= 4 is 0 Å². The van der Waals surface area contributed by atoms with Gasteiger partial charge in [-0.15, -0.1) is 0 Å². The lowest BCUT2D eigenvalue weighted by Crippen LogP contribution is -2.29. The van der Waals surface area contributed by atoms with E-state index < -0.39 is 0 Å². The molecule has 0 aromatic heterocycles. The van der Waals surface area contributed by atoms with Crippen LogP contribution in [0.3, 0.4) is 0 Å². The highest BCUT2D eigenvalue weighted by atomic mass is 14.9. The number of nitrogens with one attached hydrogen (secondary N) is 2. The fourth-order valence-corrected chi connectivity index (χ4v) is 2.24. The average molecular weight is 212 g/mol. The number of rotatable bonds is 7. The third-order valence-electron chi connectivity index (χ3n) is 3.32. The Labute approximate surface area is 95.2 Å². The van der Waals surface area contributed by atoms with Crippen molar-refractivity contribution < 1.29 is 0 Å². The van der Waals surface area contributed by atoms with Gasteiger partial charge in [-0.25, -0.2) is 0 Å². The van der Waals surface area contributed by atoms with Gasteiger partial charge in [-0.2, -0.15) is 0 Å². The molecule has 0 atom stereocenters. The Kier molecular flexibility index (Phi) is 7.03. The molecule has 0 radical (unpaired) electrons. The van der Waals surface area contributed by atoms with Crippen molar-refractivity contribution in [3.8, 4) is 0 Å². The van der Waals surface area contributed by atoms with Crippen LogP contribution < -0.4 is 10.6 Å². The monoisotopic (exact) mass is 212 g/mol. The van der Waals surface area contributed by atoms with Crippen molar-refractivity contribution in [2.75, 3.05) is 26.2 Å². The van der Waals surface area contributed by atoms with E-state index in [1.54, 1.807) is 0 Å². The summed E-state index contributed by atoms with van der Waals surface area (Å²) in [6.45, 7) is 9.51. The predicted octanol–water partition coefficient (Wildman–Crippen LogP) is 2.40. The van der Waals surface area contributed by atoms with Crippen LogP contribution in [0.15, 0.2) is 0 Å². The summed E-state index contributed by atoms with van der Waals surface area (Å²) >= 11 is 0. The third kappa shape index (κ3) is 6.91. The summed E-state index contributed by atoms with van der Waals surface area (Å²) in [5.41, 5.74) is 0. The highest BCUT2D eigenvalue weighted by Gasteiger charge is 2.11. The molecular weight excluding hydrogens is 184 g/mol. The summed E-state index contributed by atoms with van der Waals surface area (Å²) < 4.78 is 0. The minimum atomic E-state index is 0.858. The van der Waals surface area contributed by atoms with E-state index in [1.165, 1.54) is 58.3 Å². The highest BCUT2D eigenvalue weighted by molar-refractivity contribution is 4.69. The van der Waals surface area contributed by atoms with Crippen LogP contribution in [-0.4, -0.2) is 26.2 Å². The summed E-state index contributed by atoms with van der Waals surface area (Å²) in [6.07, 6.45) is 6.84. The van der Waals surface area contributed by atoms with Crippen molar-refractivity contribution in [1.29, 1.82) is 0 Å². The Hall–Kier alpha value is -0.0800. The molecular formula is C13H28N2. The van der Waals surface area contributed by atoms with Crippen LogP contribution in [0.1, 0.15) is 46.0 Å². The van der Waals surface area contributed by atoms with E-state index in [0.29, 0.717) is 0 Å². The molecule has 1 rings (SSSR count). The Morgan fingerprint density at radius 1 is 1.20 bits per heavy atom. The normalized spacial score (nSPS) is 18.6. The van der Waals surface area contributed by atoms with E-state index in [2.05, 4.69) is 24.5 Å². The second-order valence-corrected chi connectivity index (χ2v) is 5.27. The Morgan fingerprint density at radius 2 is 1.93 bits per heavy atom. The van der Waals surface area contributed by atoms with Crippen LogP contribution in [0.5, 0.6) is 0 Å². The molecule has 1 aliphatic rings. The first-order valence-corrected chi connectivity index (χ1v) is 6.70. The molecule has 1 saturated heterocycles. The SMILES string of the molecule is CC(C)CCCNCCC1CCNCC1. The summed E-state index contributed by atoms with van der Waals surface area (Å²) in [4.78, 5) is 0. The molecule has 2 nitrogen and oxygen atoms in total. The minimum Gasteiger partial charge on any atom is -0.317 e. The lowest BCUT2D eigenvalue weighted by Gasteiger charge is -2.22. The minimum absolute atomic E-state index is 0.858. The Bertz CT molecular complexity index is 139. The molecule has 0 amide bonds. The lowest BCUT2D eigenvalue weighted by molar-refractivity contribution is 0.347. The summed E-state index contributed by atoms with van der Waals surface area (Å²) in [6, 6.07) is 0. The highest BCUT2D eigenvalue weighted by Crippen LogP contribution is 2.14. The van der Waals surface area contributed by atoms with Crippen LogP contribution in [0.4, 0.5) is 0 Å². The second kappa shape index (κ2) is 8.12. The first-order valence-electron chi connectivity index (χ1n) is 6.70. The van der Waals surface area contributed by atoms with Gasteiger partial charge in [0.1, 0.15) is 0 Å². The molecule has 0 aliphatic carbocycles. The van der Waals surface area contributed by atoms with Crippen molar-refractivity contribution in [1.82, 2.24) is 10.6 Å². The zero-order valence-corrected chi connectivity index (χ0v) is 10.5. The van der Waals surface area contributed by atoms with Gasteiger partial charge in [0.05, 0.1) is 0 Å². The van der Waals surface area contributed by atoms with Gasteiger partial charge in [0.15, 0.2) is 0 Å². The molecule has 1 aliphatic heterocycles. The fourth-order valence-electron chi connectivity index (χ4n) is 2.24. The molecule has 90 valence electrons. The van der Waals surface area contributed by atoms with Gasteiger partial charge in [0.2, 0.25) is 0 Å². The molecule has 0 saturated carbocycles. The van der Waals surface area contributed by atoms with E-state index in [1.807, 2.05) is 0 Å². The zero-order chi connectivity index (χ0) is 10.9. The van der Waals surface area contributed by atoms with Crippen LogP contribution >= 0.6 is 0 Å². The lowest BCUT2D eigenvalue weighted by atomic mass is 9.95. The van der Waals surface area contributed by atoms with E-state index in [9.17, 15) is 0 Å². The molecule has 1 heterocycles. The maximum absolute atomic E-state index is 3.57. The molecule has 2 heteroatoms. The van der Waals surface area contributed by atoms with E-state index in [-0.39, 0.29) is 0 Å². The van der Waals surface area contributed by atoms with Gasteiger partial charge in [-0.05, 0) is 70.1 Å². The zero-order valence-electron chi connectivity index (χ0n) is 10.5. The third-order valence-corrected chi connectivity index (χ3v) is 3.32. The first-order chi connectivity index (χ1) is 7.29. The fraction of sp³-hybridized carbons (Fsp3) is 1.00. The molecule has 0 bridgehead atoms. The molecule has 0 spiro atoms. The Balaban J connectivity index is 1.83. The van der Waals surface area contributed by atoms with Crippen molar-refractivity contribution in [3.05, 3.63) is 0 Å². The van der Waals surface area contributed by atoms with Gasteiger partial charge in [0.25, 0.3) is 0 Å². The van der Waals surface area contributed by atoms with E-state index >= 15 is 0 Å². The molecule has 2 N–H and O–H groups in total. The van der Waals surface area contributed by atoms with Crippen LogP contribution in [0, 0.1) is 11.8 Å². The van der Waals surface area contributed by atoms with Gasteiger partial charge in [0, 0.05) is 0 Å². The van der Waals surface area contributed by atoms with E-state index in [4.69, 9.17) is 0 Å². The van der Waals surface area contributed by atoms with Gasteiger partial charge in [-0.3, -0.25) is 0 Å². The van der Waals surface area contributed by atoms with Crippen LogP contribution in [0.2, 0.25) is 0 Å². The second-order valence-electron chi connectivity index (χ2n) is 5.27. The van der Waals surface area contributed by atoms with E-state index in [0.717, 1.165) is 11.8 Å². The Morgan fingerprint density at radius 3 is 2.60 bits per heavy atom. The molecule has 0 aromatic rings. The molecule has 1 fully saturated rings. The largest absolute Gasteiger partial charge is 0.317 e. The number of piperidine rings is 1. The van der Waals surface area contributed by atoms with Crippen molar-refractivity contribution in [2.45, 2.75) is 46.0 Å². The summed E-state index contributed by atoms with van der Waals surface area (Å²) in [5.74, 6) is 1.83. The van der Waals surface area contributed by atoms with Crippen molar-refractivity contribution in [2.24, 2.45) is 11.8 Å². The standard InChI is InChI=1S/C13H28N2/c1-12(2)4-3-8-14-9-5-13-6-10-15-11-7-13/h12-15H,3-11H2,1-2H3. The van der Waals surface area contributed by atoms with Gasteiger partial charge < -0.3 is 10.6 Å². The first kappa shape index (κ1) is 13.0. The smallest absolute Gasteiger partial charge is 0.00463 e. The van der Waals surface area contributed by atoms with Gasteiger partial charge >= 0.3 is 0 Å². The quantitative estimate of drug-likeness (QED) is 0.633. The summed E-state index contributed by atoms with van der Waals surface area (Å²) in [7, 11) is 0.